The molecule has 0 saturated carbocycles. The summed E-state index contributed by atoms with van der Waals surface area (Å²) in [4.78, 5) is 24.3. The first-order valence-electron chi connectivity index (χ1n) is 8.30. The van der Waals surface area contributed by atoms with Crippen LogP contribution in [0.1, 0.15) is 15.9 Å². The van der Waals surface area contributed by atoms with Gasteiger partial charge in [-0.05, 0) is 34.9 Å². The number of amides is 1. The zero-order valence-corrected chi connectivity index (χ0v) is 14.9. The van der Waals surface area contributed by atoms with Crippen molar-refractivity contribution in [2.75, 3.05) is 11.1 Å². The molecule has 4 nitrogen and oxygen atoms in total. The third-order valence-electron chi connectivity index (χ3n) is 4.29. The van der Waals surface area contributed by atoms with Crippen molar-refractivity contribution in [3.05, 3.63) is 77.9 Å². The normalized spacial score (nSPS) is 11.9. The quantitative estimate of drug-likeness (QED) is 0.572. The lowest BCUT2D eigenvalue weighted by atomic mass is 9.99. The molecule has 0 spiro atoms. The molecule has 0 aliphatic rings. The Bertz CT molecular complexity index is 940. The molecule has 0 aromatic heterocycles. The van der Waals surface area contributed by atoms with Crippen molar-refractivity contribution < 1.29 is 14.7 Å². The number of aromatic carboxylic acids is 1. The fourth-order valence-corrected chi connectivity index (χ4v) is 3.19. The minimum absolute atomic E-state index is 0.0784. The Morgan fingerprint density at radius 1 is 0.962 bits per heavy atom. The van der Waals surface area contributed by atoms with Crippen LogP contribution >= 0.6 is 12.6 Å². The summed E-state index contributed by atoms with van der Waals surface area (Å²) >= 11 is 4.30. The average molecular weight is 365 g/mol. The van der Waals surface area contributed by atoms with Crippen LogP contribution in [0.5, 0.6) is 0 Å². The second kappa shape index (κ2) is 8.06. The summed E-state index contributed by atoms with van der Waals surface area (Å²) in [7, 11) is 0. The maximum atomic E-state index is 12.7. The molecule has 3 rings (SSSR count). The predicted octanol–water partition coefficient (Wildman–Crippen LogP) is 4.27. The van der Waals surface area contributed by atoms with E-state index in [4.69, 9.17) is 0 Å². The van der Waals surface area contributed by atoms with Gasteiger partial charge in [-0.1, -0.05) is 54.6 Å². The Morgan fingerprint density at radius 3 is 2.19 bits per heavy atom. The minimum atomic E-state index is -1.07. The number of hydrogen-bond acceptors (Lipinski definition) is 3. The van der Waals surface area contributed by atoms with Gasteiger partial charge in [0, 0.05) is 5.75 Å². The van der Waals surface area contributed by atoms with E-state index in [1.165, 1.54) is 0 Å². The monoisotopic (exact) mass is 365 g/mol. The van der Waals surface area contributed by atoms with Gasteiger partial charge in [-0.3, -0.25) is 4.79 Å². The van der Waals surface area contributed by atoms with E-state index in [0.717, 1.165) is 16.3 Å². The largest absolute Gasteiger partial charge is 0.478 e. The van der Waals surface area contributed by atoms with Crippen LogP contribution in [0.3, 0.4) is 0 Å². The molecule has 0 saturated heterocycles. The SMILES string of the molecule is O=C(O)c1cc2ccccc2cc1NC(=O)C(CS)Cc1ccccc1. The van der Waals surface area contributed by atoms with Crippen LogP contribution in [-0.4, -0.2) is 22.7 Å². The van der Waals surface area contributed by atoms with E-state index in [1.54, 1.807) is 12.1 Å². The number of nitrogens with one attached hydrogen (secondary N) is 1. The molecular weight excluding hydrogens is 346 g/mol. The Balaban J connectivity index is 1.87. The van der Waals surface area contributed by atoms with Crippen molar-refractivity contribution in [1.82, 2.24) is 0 Å². The Morgan fingerprint density at radius 2 is 1.58 bits per heavy atom. The summed E-state index contributed by atoms with van der Waals surface area (Å²) in [5.74, 6) is -1.29. The van der Waals surface area contributed by atoms with Crippen LogP contribution in [0.25, 0.3) is 10.8 Å². The molecule has 1 unspecified atom stereocenters. The smallest absolute Gasteiger partial charge is 0.337 e. The Kier molecular flexibility index (Phi) is 5.58. The molecule has 1 atom stereocenters. The fourth-order valence-electron chi connectivity index (χ4n) is 2.89. The molecule has 0 fully saturated rings. The van der Waals surface area contributed by atoms with Gasteiger partial charge in [0.15, 0.2) is 0 Å². The zero-order valence-electron chi connectivity index (χ0n) is 14.1. The number of thiol groups is 1. The molecule has 132 valence electrons. The van der Waals surface area contributed by atoms with E-state index >= 15 is 0 Å². The van der Waals surface area contributed by atoms with Gasteiger partial charge in [0.1, 0.15) is 0 Å². The lowest BCUT2D eigenvalue weighted by Gasteiger charge is -2.16. The number of hydrogen-bond donors (Lipinski definition) is 3. The third-order valence-corrected chi connectivity index (χ3v) is 4.73. The summed E-state index contributed by atoms with van der Waals surface area (Å²) in [5.41, 5.74) is 1.43. The van der Waals surface area contributed by atoms with Gasteiger partial charge in [0.2, 0.25) is 5.91 Å². The zero-order chi connectivity index (χ0) is 18.5. The molecule has 3 aromatic rings. The molecule has 0 bridgehead atoms. The van der Waals surface area contributed by atoms with Gasteiger partial charge in [-0.25, -0.2) is 4.79 Å². The molecular formula is C21H19NO3S. The summed E-state index contributed by atoms with van der Waals surface area (Å²) in [6.07, 6.45) is 0.548. The van der Waals surface area contributed by atoms with Crippen LogP contribution in [0, 0.1) is 5.92 Å². The van der Waals surface area contributed by atoms with E-state index in [0.29, 0.717) is 17.9 Å². The van der Waals surface area contributed by atoms with Gasteiger partial charge in [-0.15, -0.1) is 0 Å². The van der Waals surface area contributed by atoms with Gasteiger partial charge in [0.05, 0.1) is 17.2 Å². The minimum Gasteiger partial charge on any atom is -0.478 e. The van der Waals surface area contributed by atoms with Crippen LogP contribution in [-0.2, 0) is 11.2 Å². The van der Waals surface area contributed by atoms with Crippen LogP contribution < -0.4 is 5.32 Å². The first-order valence-corrected chi connectivity index (χ1v) is 8.93. The molecule has 1 amide bonds. The summed E-state index contributed by atoms with van der Waals surface area (Å²) in [6, 6.07) is 20.4. The van der Waals surface area contributed by atoms with Crippen molar-refractivity contribution in [2.24, 2.45) is 5.92 Å². The van der Waals surface area contributed by atoms with Crippen LogP contribution in [0.15, 0.2) is 66.7 Å². The predicted molar refractivity (Wildman–Crippen MR) is 107 cm³/mol. The number of carbonyl (C=O) groups excluding carboxylic acids is 1. The summed E-state index contributed by atoms with van der Waals surface area (Å²) in [5, 5.41) is 14.0. The molecule has 0 radical (unpaired) electrons. The average Bonchev–Trinajstić information content (AvgIpc) is 2.66. The highest BCUT2D eigenvalue weighted by Gasteiger charge is 2.20. The molecule has 2 N–H and O–H groups in total. The van der Waals surface area contributed by atoms with E-state index in [1.807, 2.05) is 54.6 Å². The first kappa shape index (κ1) is 18.0. The number of rotatable bonds is 6. The number of anilines is 1. The molecule has 0 aliphatic heterocycles. The molecule has 26 heavy (non-hydrogen) atoms. The van der Waals surface area contributed by atoms with Gasteiger partial charge >= 0.3 is 5.97 Å². The van der Waals surface area contributed by atoms with E-state index in [-0.39, 0.29) is 17.4 Å². The topological polar surface area (TPSA) is 66.4 Å². The number of carboxylic acid groups (broad SMARTS) is 1. The number of fused-ring (bicyclic) bond motifs is 1. The lowest BCUT2D eigenvalue weighted by Crippen LogP contribution is -2.27. The number of carbonyl (C=O) groups is 2. The second-order valence-electron chi connectivity index (χ2n) is 6.11. The van der Waals surface area contributed by atoms with Gasteiger partial charge in [-0.2, -0.15) is 12.6 Å². The Hall–Kier alpha value is -2.79. The van der Waals surface area contributed by atoms with Crippen molar-refractivity contribution in [3.8, 4) is 0 Å². The first-order chi connectivity index (χ1) is 12.6. The molecule has 0 heterocycles. The van der Waals surface area contributed by atoms with Crippen molar-refractivity contribution >= 4 is 41.0 Å². The highest BCUT2D eigenvalue weighted by Crippen LogP contribution is 2.25. The number of benzene rings is 3. The standard InChI is InChI=1S/C21H19NO3S/c23-20(17(13-26)10-14-6-2-1-3-7-14)22-19-12-16-9-5-4-8-15(16)11-18(19)21(24)25/h1-9,11-12,17,26H,10,13H2,(H,22,23)(H,24,25). The van der Waals surface area contributed by atoms with E-state index < -0.39 is 5.97 Å². The highest BCUT2D eigenvalue weighted by atomic mass is 32.1. The van der Waals surface area contributed by atoms with Crippen molar-refractivity contribution in [2.45, 2.75) is 6.42 Å². The van der Waals surface area contributed by atoms with Crippen molar-refractivity contribution in [3.63, 3.8) is 0 Å². The Labute approximate surface area is 157 Å². The highest BCUT2D eigenvalue weighted by molar-refractivity contribution is 7.80. The maximum absolute atomic E-state index is 12.7. The molecule has 0 aliphatic carbocycles. The maximum Gasteiger partial charge on any atom is 0.337 e. The van der Waals surface area contributed by atoms with Gasteiger partial charge in [0.25, 0.3) is 0 Å². The van der Waals surface area contributed by atoms with E-state index in [9.17, 15) is 14.7 Å². The summed E-state index contributed by atoms with van der Waals surface area (Å²) < 4.78 is 0. The fraction of sp³-hybridized carbons (Fsp3) is 0.143. The summed E-state index contributed by atoms with van der Waals surface area (Å²) in [6.45, 7) is 0. The molecule has 5 heteroatoms. The van der Waals surface area contributed by atoms with Gasteiger partial charge < -0.3 is 10.4 Å². The van der Waals surface area contributed by atoms with Crippen LogP contribution in [0.2, 0.25) is 0 Å². The second-order valence-corrected chi connectivity index (χ2v) is 6.47. The van der Waals surface area contributed by atoms with E-state index in [2.05, 4.69) is 17.9 Å². The number of carboxylic acids is 1. The van der Waals surface area contributed by atoms with Crippen molar-refractivity contribution in [1.29, 1.82) is 0 Å². The molecule has 3 aromatic carbocycles. The third kappa shape index (κ3) is 4.06. The van der Waals surface area contributed by atoms with Crippen LogP contribution in [0.4, 0.5) is 5.69 Å². The lowest BCUT2D eigenvalue weighted by molar-refractivity contribution is -0.119.